The Labute approximate surface area is 96.3 Å². The summed E-state index contributed by atoms with van der Waals surface area (Å²) in [5.41, 5.74) is 3.54. The fourth-order valence-electron chi connectivity index (χ4n) is 3.24. The molecule has 2 nitrogen and oxygen atoms in total. The van der Waals surface area contributed by atoms with Crippen LogP contribution in [0.5, 0.6) is 0 Å². The topological polar surface area (TPSA) is 20.3 Å². The molecular formula is C14H17NO. The highest BCUT2D eigenvalue weighted by Crippen LogP contribution is 2.40. The van der Waals surface area contributed by atoms with Gasteiger partial charge in [-0.2, -0.15) is 0 Å². The predicted molar refractivity (Wildman–Crippen MR) is 63.9 cm³/mol. The quantitative estimate of drug-likeness (QED) is 0.661. The maximum absolute atomic E-state index is 12.0. The van der Waals surface area contributed by atoms with Crippen LogP contribution in [0.1, 0.15) is 33.8 Å². The fourth-order valence-corrected chi connectivity index (χ4v) is 3.24. The molecule has 2 heteroatoms. The minimum absolute atomic E-state index is 0.339. The van der Waals surface area contributed by atoms with Gasteiger partial charge < -0.3 is 4.90 Å². The van der Waals surface area contributed by atoms with Gasteiger partial charge in [0.25, 0.3) is 0 Å². The van der Waals surface area contributed by atoms with Crippen molar-refractivity contribution in [1.29, 1.82) is 0 Å². The van der Waals surface area contributed by atoms with E-state index in [0.717, 1.165) is 25.1 Å². The van der Waals surface area contributed by atoms with Crippen LogP contribution in [0.15, 0.2) is 18.2 Å². The number of hydrogen-bond donors (Lipinski definition) is 0. The Morgan fingerprint density at radius 2 is 2.12 bits per heavy atom. The monoisotopic (exact) mass is 215 g/mol. The van der Waals surface area contributed by atoms with Crippen molar-refractivity contribution < 1.29 is 4.79 Å². The number of aryl methyl sites for hydroxylation is 1. The van der Waals surface area contributed by atoms with Gasteiger partial charge in [-0.15, -0.1) is 0 Å². The van der Waals surface area contributed by atoms with Crippen molar-refractivity contribution >= 4 is 5.78 Å². The fraction of sp³-hybridized carbons (Fsp3) is 0.500. The van der Waals surface area contributed by atoms with Crippen LogP contribution in [-0.4, -0.2) is 30.8 Å². The molecule has 1 heterocycles. The van der Waals surface area contributed by atoms with Crippen molar-refractivity contribution in [1.82, 2.24) is 4.90 Å². The summed E-state index contributed by atoms with van der Waals surface area (Å²) in [6.45, 7) is 4.28. The lowest BCUT2D eigenvalue weighted by Gasteiger charge is -2.26. The van der Waals surface area contributed by atoms with Crippen LogP contribution in [-0.2, 0) is 0 Å². The van der Waals surface area contributed by atoms with Crippen LogP contribution in [0.3, 0.4) is 0 Å². The average Bonchev–Trinajstić information content (AvgIpc) is 2.59. The summed E-state index contributed by atoms with van der Waals surface area (Å²) in [5.74, 6) is 1.47. The second kappa shape index (κ2) is 3.42. The summed E-state index contributed by atoms with van der Waals surface area (Å²) < 4.78 is 0. The van der Waals surface area contributed by atoms with Crippen molar-refractivity contribution in [2.45, 2.75) is 19.3 Å². The lowest BCUT2D eigenvalue weighted by Crippen LogP contribution is -2.24. The van der Waals surface area contributed by atoms with Gasteiger partial charge in [0.15, 0.2) is 5.78 Å². The number of fused-ring (bicyclic) bond motifs is 3. The molecule has 84 valence electrons. The minimum atomic E-state index is 0.339. The molecule has 2 unspecified atom stereocenters. The third-order valence-corrected chi connectivity index (χ3v) is 3.98. The van der Waals surface area contributed by atoms with Gasteiger partial charge in [0.1, 0.15) is 0 Å². The number of likely N-dealkylation sites (tertiary alicyclic amines) is 1. The maximum Gasteiger partial charge on any atom is 0.163 e. The van der Waals surface area contributed by atoms with Gasteiger partial charge in [0, 0.05) is 31.0 Å². The molecule has 0 saturated carbocycles. The number of rotatable bonds is 0. The van der Waals surface area contributed by atoms with E-state index in [2.05, 4.69) is 31.0 Å². The van der Waals surface area contributed by atoms with E-state index in [1.807, 2.05) is 6.07 Å². The Morgan fingerprint density at radius 1 is 1.31 bits per heavy atom. The maximum atomic E-state index is 12.0. The van der Waals surface area contributed by atoms with E-state index in [9.17, 15) is 4.79 Å². The number of carbonyl (C=O) groups excluding carboxylic acids is 1. The van der Waals surface area contributed by atoms with E-state index in [4.69, 9.17) is 0 Å². The average molecular weight is 215 g/mol. The molecule has 1 aromatic carbocycles. The summed E-state index contributed by atoms with van der Waals surface area (Å²) in [6, 6.07) is 6.28. The summed E-state index contributed by atoms with van der Waals surface area (Å²) in [6.07, 6.45) is 0.741. The highest BCUT2D eigenvalue weighted by Gasteiger charge is 2.39. The first-order valence-corrected chi connectivity index (χ1v) is 5.97. The number of likely N-dealkylation sites (N-methyl/N-ethyl adjacent to an activating group) is 1. The van der Waals surface area contributed by atoms with E-state index in [1.54, 1.807) is 0 Å². The predicted octanol–water partition coefficient (Wildman–Crippen LogP) is 2.23. The molecule has 0 spiro atoms. The van der Waals surface area contributed by atoms with Crippen LogP contribution in [0.2, 0.25) is 0 Å². The van der Waals surface area contributed by atoms with E-state index >= 15 is 0 Å². The number of carbonyl (C=O) groups is 1. The number of ketones is 1. The van der Waals surface area contributed by atoms with Gasteiger partial charge in [-0.3, -0.25) is 4.79 Å². The Hall–Kier alpha value is -1.15. The smallest absolute Gasteiger partial charge is 0.163 e. The zero-order valence-electron chi connectivity index (χ0n) is 9.86. The molecule has 2 atom stereocenters. The molecule has 1 fully saturated rings. The van der Waals surface area contributed by atoms with Crippen LogP contribution < -0.4 is 0 Å². The van der Waals surface area contributed by atoms with Crippen LogP contribution >= 0.6 is 0 Å². The molecule has 1 saturated heterocycles. The summed E-state index contributed by atoms with van der Waals surface area (Å²) in [4.78, 5) is 14.4. The normalized spacial score (nSPS) is 29.0. The second-order valence-electron chi connectivity index (χ2n) is 5.31. The third-order valence-electron chi connectivity index (χ3n) is 3.98. The third kappa shape index (κ3) is 1.40. The molecule has 1 aliphatic carbocycles. The first-order valence-electron chi connectivity index (χ1n) is 5.97. The molecule has 1 aromatic rings. The zero-order chi connectivity index (χ0) is 11.3. The number of benzene rings is 1. The molecule has 0 amide bonds. The number of hydrogen-bond acceptors (Lipinski definition) is 2. The van der Waals surface area contributed by atoms with Gasteiger partial charge in [-0.25, -0.2) is 0 Å². The Kier molecular flexibility index (Phi) is 2.15. The van der Waals surface area contributed by atoms with Crippen molar-refractivity contribution in [2.75, 3.05) is 20.1 Å². The van der Waals surface area contributed by atoms with Crippen molar-refractivity contribution in [3.8, 4) is 0 Å². The summed E-state index contributed by atoms with van der Waals surface area (Å²) in [5, 5.41) is 0. The molecule has 16 heavy (non-hydrogen) atoms. The van der Waals surface area contributed by atoms with Gasteiger partial charge >= 0.3 is 0 Å². The molecule has 0 N–H and O–H groups in total. The molecule has 0 aromatic heterocycles. The molecule has 3 rings (SSSR count). The van der Waals surface area contributed by atoms with Crippen LogP contribution in [0.4, 0.5) is 0 Å². The van der Waals surface area contributed by atoms with E-state index < -0.39 is 0 Å². The minimum Gasteiger partial charge on any atom is -0.305 e. The van der Waals surface area contributed by atoms with E-state index in [-0.39, 0.29) is 0 Å². The molecule has 2 aliphatic rings. The van der Waals surface area contributed by atoms with Crippen molar-refractivity contribution in [3.63, 3.8) is 0 Å². The molecule has 1 aliphatic heterocycles. The summed E-state index contributed by atoms with van der Waals surface area (Å²) >= 11 is 0. The van der Waals surface area contributed by atoms with Crippen molar-refractivity contribution in [3.05, 3.63) is 34.9 Å². The van der Waals surface area contributed by atoms with Gasteiger partial charge in [0.2, 0.25) is 0 Å². The Morgan fingerprint density at radius 3 is 2.94 bits per heavy atom. The first kappa shape index (κ1) is 10.0. The number of nitrogens with zero attached hydrogens (tertiary/aromatic N) is 1. The first-order chi connectivity index (χ1) is 7.65. The SMILES string of the molecule is Cc1ccc2c(c1)C1CN(C)CC1CC2=O. The lowest BCUT2D eigenvalue weighted by atomic mass is 9.76. The standard InChI is InChI=1S/C14H17NO/c1-9-3-4-11-12(5-9)13-8-15(2)7-10(13)6-14(11)16/h3-5,10,13H,6-8H2,1-2H3. The van der Waals surface area contributed by atoms with Crippen LogP contribution in [0, 0.1) is 12.8 Å². The van der Waals surface area contributed by atoms with E-state index in [0.29, 0.717) is 17.6 Å². The Bertz CT molecular complexity index is 452. The van der Waals surface area contributed by atoms with Gasteiger partial charge in [-0.1, -0.05) is 23.8 Å². The Balaban J connectivity index is 2.10. The zero-order valence-corrected chi connectivity index (χ0v) is 9.86. The van der Waals surface area contributed by atoms with Crippen LogP contribution in [0.25, 0.3) is 0 Å². The highest BCUT2D eigenvalue weighted by atomic mass is 16.1. The van der Waals surface area contributed by atoms with Gasteiger partial charge in [0.05, 0.1) is 0 Å². The largest absolute Gasteiger partial charge is 0.305 e. The second-order valence-corrected chi connectivity index (χ2v) is 5.31. The molecular weight excluding hydrogens is 198 g/mol. The van der Waals surface area contributed by atoms with Gasteiger partial charge in [-0.05, 0) is 25.5 Å². The van der Waals surface area contributed by atoms with Crippen molar-refractivity contribution in [2.24, 2.45) is 5.92 Å². The molecule has 0 bridgehead atoms. The number of Topliss-reactive ketones (excluding diaryl/α,β-unsaturated/α-hetero) is 1. The molecule has 0 radical (unpaired) electrons. The van der Waals surface area contributed by atoms with E-state index in [1.165, 1.54) is 11.1 Å². The highest BCUT2D eigenvalue weighted by molar-refractivity contribution is 5.99. The lowest BCUT2D eigenvalue weighted by molar-refractivity contribution is 0.0946. The summed E-state index contributed by atoms with van der Waals surface area (Å²) in [7, 11) is 2.15.